The van der Waals surface area contributed by atoms with Gasteiger partial charge in [-0.3, -0.25) is 0 Å². The molecule has 1 N–H and O–H groups in total. The Kier molecular flexibility index (Phi) is 3.73. The van der Waals surface area contributed by atoms with Crippen molar-refractivity contribution in [3.05, 3.63) is 33.2 Å². The number of rotatable bonds is 2. The van der Waals surface area contributed by atoms with E-state index in [-0.39, 0.29) is 5.54 Å². The molecule has 0 radical (unpaired) electrons. The van der Waals surface area contributed by atoms with Crippen molar-refractivity contribution in [2.24, 2.45) is 0 Å². The Bertz CT molecular complexity index is 497. The van der Waals surface area contributed by atoms with E-state index < -0.39 is 0 Å². The summed E-state index contributed by atoms with van der Waals surface area (Å²) in [5.41, 5.74) is 2.27. The van der Waals surface area contributed by atoms with Crippen LogP contribution >= 0.6 is 33.9 Å². The Morgan fingerprint density at radius 1 is 1.18 bits per heavy atom. The van der Waals surface area contributed by atoms with Gasteiger partial charge in [-0.2, -0.15) is 0 Å². The van der Waals surface area contributed by atoms with E-state index in [1.54, 1.807) is 11.3 Å². The van der Waals surface area contributed by atoms with Crippen LogP contribution in [0.3, 0.4) is 0 Å². The topological polar surface area (TPSA) is 24.9 Å². The van der Waals surface area contributed by atoms with E-state index in [1.807, 2.05) is 0 Å². The Morgan fingerprint density at radius 2 is 1.82 bits per heavy atom. The van der Waals surface area contributed by atoms with Gasteiger partial charge >= 0.3 is 0 Å². The van der Waals surface area contributed by atoms with Crippen LogP contribution in [0.5, 0.6) is 0 Å². The van der Waals surface area contributed by atoms with Crippen LogP contribution in [0.15, 0.2) is 29.6 Å². The van der Waals surface area contributed by atoms with Gasteiger partial charge < -0.3 is 5.32 Å². The lowest BCUT2D eigenvalue weighted by Gasteiger charge is -2.19. The number of anilines is 1. The summed E-state index contributed by atoms with van der Waals surface area (Å²) < 4.78 is 1.25. The summed E-state index contributed by atoms with van der Waals surface area (Å²) in [5, 5.41) is 6.46. The third-order valence-electron chi connectivity index (χ3n) is 2.13. The zero-order valence-electron chi connectivity index (χ0n) is 10.1. The Labute approximate surface area is 120 Å². The second-order valence-corrected chi connectivity index (χ2v) is 7.02. The maximum atomic E-state index is 4.60. The summed E-state index contributed by atoms with van der Waals surface area (Å²) in [4.78, 5) is 4.60. The van der Waals surface area contributed by atoms with Crippen molar-refractivity contribution < 1.29 is 0 Å². The molecule has 0 unspecified atom stereocenters. The highest BCUT2D eigenvalue weighted by molar-refractivity contribution is 14.1. The second-order valence-electron chi connectivity index (χ2n) is 4.92. The van der Waals surface area contributed by atoms with Crippen LogP contribution in [-0.4, -0.2) is 10.5 Å². The normalized spacial score (nSPS) is 11.5. The van der Waals surface area contributed by atoms with Crippen molar-refractivity contribution >= 4 is 39.1 Å². The molecule has 0 spiro atoms. The zero-order valence-corrected chi connectivity index (χ0v) is 13.1. The maximum Gasteiger partial charge on any atom is 0.183 e. The first-order valence-corrected chi connectivity index (χ1v) is 7.39. The first-order valence-electron chi connectivity index (χ1n) is 5.44. The number of hydrogen-bond acceptors (Lipinski definition) is 3. The number of nitrogens with one attached hydrogen (secondary N) is 1. The average molecular weight is 358 g/mol. The molecular weight excluding hydrogens is 343 g/mol. The molecule has 0 aliphatic rings. The third-order valence-corrected chi connectivity index (χ3v) is 3.60. The number of aromatic nitrogens is 1. The number of nitrogens with zero attached hydrogens (tertiary/aromatic N) is 1. The van der Waals surface area contributed by atoms with Crippen molar-refractivity contribution in [2.75, 3.05) is 5.32 Å². The number of benzene rings is 1. The first-order chi connectivity index (χ1) is 7.94. The Morgan fingerprint density at radius 3 is 2.41 bits per heavy atom. The van der Waals surface area contributed by atoms with Gasteiger partial charge in [0.15, 0.2) is 5.13 Å². The van der Waals surface area contributed by atoms with Crippen molar-refractivity contribution in [3.63, 3.8) is 0 Å². The number of thiazole rings is 1. The molecule has 1 aromatic heterocycles. The van der Waals surface area contributed by atoms with Crippen LogP contribution in [0.4, 0.5) is 5.13 Å². The summed E-state index contributed by atoms with van der Waals surface area (Å²) >= 11 is 3.96. The first kappa shape index (κ1) is 12.8. The fraction of sp³-hybridized carbons (Fsp3) is 0.308. The van der Waals surface area contributed by atoms with Crippen LogP contribution in [-0.2, 0) is 0 Å². The van der Waals surface area contributed by atoms with Gasteiger partial charge in [0, 0.05) is 20.1 Å². The minimum atomic E-state index is 0.0567. The predicted molar refractivity (Wildman–Crippen MR) is 83.6 cm³/mol. The molecule has 1 heterocycles. The fourth-order valence-electron chi connectivity index (χ4n) is 1.41. The van der Waals surface area contributed by atoms with E-state index >= 15 is 0 Å². The highest BCUT2D eigenvalue weighted by Gasteiger charge is 2.12. The Hall–Kier alpha value is -0.620. The fourth-order valence-corrected chi connectivity index (χ4v) is 2.69. The summed E-state index contributed by atoms with van der Waals surface area (Å²) in [6, 6.07) is 8.42. The van der Waals surface area contributed by atoms with Crippen molar-refractivity contribution in [3.8, 4) is 11.3 Å². The van der Waals surface area contributed by atoms with E-state index in [0.717, 1.165) is 10.8 Å². The molecule has 17 heavy (non-hydrogen) atoms. The smallest absolute Gasteiger partial charge is 0.183 e. The van der Waals surface area contributed by atoms with Crippen LogP contribution in [0.1, 0.15) is 20.8 Å². The second kappa shape index (κ2) is 4.94. The number of hydrogen-bond donors (Lipinski definition) is 1. The molecule has 1 aromatic carbocycles. The maximum absolute atomic E-state index is 4.60. The van der Waals surface area contributed by atoms with Gasteiger partial charge in [0.05, 0.1) is 5.69 Å². The van der Waals surface area contributed by atoms with Crippen molar-refractivity contribution in [1.82, 2.24) is 4.98 Å². The van der Waals surface area contributed by atoms with Crippen molar-refractivity contribution in [2.45, 2.75) is 26.3 Å². The van der Waals surface area contributed by atoms with E-state index in [1.165, 1.54) is 9.13 Å². The highest BCUT2D eigenvalue weighted by atomic mass is 127. The molecule has 0 aliphatic carbocycles. The molecule has 4 heteroatoms. The Balaban J connectivity index is 2.21. The third kappa shape index (κ3) is 3.67. The number of halogens is 1. The minimum Gasteiger partial charge on any atom is -0.357 e. The molecule has 0 atom stereocenters. The zero-order chi connectivity index (χ0) is 12.5. The minimum absolute atomic E-state index is 0.0567. The molecule has 90 valence electrons. The summed E-state index contributed by atoms with van der Waals surface area (Å²) in [6.45, 7) is 6.41. The quantitative estimate of drug-likeness (QED) is 0.792. The lowest BCUT2D eigenvalue weighted by Crippen LogP contribution is -2.25. The summed E-state index contributed by atoms with van der Waals surface area (Å²) in [7, 11) is 0. The van der Waals surface area contributed by atoms with Gasteiger partial charge in [0.2, 0.25) is 0 Å². The van der Waals surface area contributed by atoms with Gasteiger partial charge in [0.1, 0.15) is 0 Å². The molecule has 0 saturated heterocycles. The molecule has 0 amide bonds. The molecule has 0 aliphatic heterocycles. The molecule has 0 fully saturated rings. The summed E-state index contributed by atoms with van der Waals surface area (Å²) in [5.74, 6) is 0. The monoisotopic (exact) mass is 358 g/mol. The van der Waals surface area contributed by atoms with E-state index in [4.69, 9.17) is 0 Å². The molecule has 0 bridgehead atoms. The van der Waals surface area contributed by atoms with Crippen LogP contribution in [0.25, 0.3) is 11.3 Å². The van der Waals surface area contributed by atoms with Gasteiger partial charge in [-0.05, 0) is 55.5 Å². The highest BCUT2D eigenvalue weighted by Crippen LogP contribution is 2.26. The van der Waals surface area contributed by atoms with Crippen molar-refractivity contribution in [1.29, 1.82) is 0 Å². The lowest BCUT2D eigenvalue weighted by atomic mass is 10.1. The molecule has 2 nitrogen and oxygen atoms in total. The lowest BCUT2D eigenvalue weighted by molar-refractivity contribution is 0.633. The standard InChI is InChI=1S/C13H15IN2S/c1-13(2,3)16-12-15-11(8-17-12)9-4-6-10(14)7-5-9/h4-8H,1-3H3,(H,15,16). The molecule has 0 saturated carbocycles. The average Bonchev–Trinajstić information content (AvgIpc) is 2.64. The van der Waals surface area contributed by atoms with Crippen LogP contribution in [0.2, 0.25) is 0 Å². The van der Waals surface area contributed by atoms with E-state index in [0.29, 0.717) is 0 Å². The summed E-state index contributed by atoms with van der Waals surface area (Å²) in [6.07, 6.45) is 0. The predicted octanol–water partition coefficient (Wildman–Crippen LogP) is 4.63. The van der Waals surface area contributed by atoms with E-state index in [2.05, 4.69) is 83.3 Å². The largest absolute Gasteiger partial charge is 0.357 e. The van der Waals surface area contributed by atoms with Gasteiger partial charge in [-0.25, -0.2) is 4.98 Å². The van der Waals surface area contributed by atoms with Gasteiger partial charge in [-0.1, -0.05) is 12.1 Å². The van der Waals surface area contributed by atoms with Gasteiger partial charge in [0.25, 0.3) is 0 Å². The molecule has 2 aromatic rings. The molecule has 2 rings (SSSR count). The molecular formula is C13H15IN2S. The van der Waals surface area contributed by atoms with Gasteiger partial charge in [-0.15, -0.1) is 11.3 Å². The van der Waals surface area contributed by atoms with Crippen LogP contribution < -0.4 is 5.32 Å². The van der Waals surface area contributed by atoms with E-state index in [9.17, 15) is 0 Å². The van der Waals surface area contributed by atoms with Crippen LogP contribution in [0, 0.1) is 3.57 Å². The SMILES string of the molecule is CC(C)(C)Nc1nc(-c2ccc(I)cc2)cs1.